The molecule has 0 bridgehead atoms. The van der Waals surface area contributed by atoms with Gasteiger partial charge in [0.15, 0.2) is 0 Å². The van der Waals surface area contributed by atoms with Crippen molar-refractivity contribution < 1.29 is 38.1 Å². The Bertz CT molecular complexity index is 1440. The molecule has 0 atom stereocenters. The molecular formula is C40H48O8. The van der Waals surface area contributed by atoms with E-state index in [0.29, 0.717) is 43.5 Å². The summed E-state index contributed by atoms with van der Waals surface area (Å²) in [5, 5.41) is 0. The Balaban J connectivity index is 1.31. The maximum absolute atomic E-state index is 12.8. The highest BCUT2D eigenvalue weighted by Gasteiger charge is 2.11. The third kappa shape index (κ3) is 14.7. The number of ether oxygens (including phenoxy) is 5. The molecule has 3 aromatic rings. The normalized spacial score (nSPS) is 10.5. The number of carbonyl (C=O) groups excluding carboxylic acids is 3. The predicted molar refractivity (Wildman–Crippen MR) is 187 cm³/mol. The molecule has 0 aliphatic carbocycles. The van der Waals surface area contributed by atoms with Gasteiger partial charge in [0, 0.05) is 12.2 Å². The van der Waals surface area contributed by atoms with Crippen LogP contribution in [0, 0.1) is 6.92 Å². The van der Waals surface area contributed by atoms with E-state index in [4.69, 9.17) is 23.7 Å². The van der Waals surface area contributed by atoms with E-state index < -0.39 is 5.97 Å². The number of unbranched alkanes of at least 4 members (excludes halogenated alkanes) is 6. The fraction of sp³-hybridized carbons (Fsp3) is 0.375. The minimum absolute atomic E-state index is 0.373. The lowest BCUT2D eigenvalue weighted by molar-refractivity contribution is -0.138. The lowest BCUT2D eigenvalue weighted by Gasteiger charge is -2.11. The van der Waals surface area contributed by atoms with Gasteiger partial charge < -0.3 is 23.7 Å². The van der Waals surface area contributed by atoms with Crippen LogP contribution in [0.25, 0.3) is 0 Å². The molecule has 0 aromatic heterocycles. The van der Waals surface area contributed by atoms with Gasteiger partial charge >= 0.3 is 17.9 Å². The molecule has 0 aliphatic rings. The van der Waals surface area contributed by atoms with Crippen molar-refractivity contribution in [3.05, 3.63) is 114 Å². The second-order valence-corrected chi connectivity index (χ2v) is 11.4. The van der Waals surface area contributed by atoms with Crippen LogP contribution in [0.1, 0.15) is 78.4 Å². The molecule has 0 amide bonds. The monoisotopic (exact) mass is 656 g/mol. The zero-order chi connectivity index (χ0) is 34.4. The Hall–Kier alpha value is -4.85. The summed E-state index contributed by atoms with van der Waals surface area (Å²) in [6.07, 6.45) is 11.5. The number of esters is 3. The van der Waals surface area contributed by atoms with Crippen molar-refractivity contribution in [1.82, 2.24) is 0 Å². The largest absolute Gasteiger partial charge is 0.494 e. The average molecular weight is 657 g/mol. The Kier molecular flexibility index (Phi) is 17.1. The number of aryl methyl sites for hydroxylation is 3. The maximum Gasteiger partial charge on any atom is 0.343 e. The first-order valence-electron chi connectivity index (χ1n) is 16.7. The molecule has 8 nitrogen and oxygen atoms in total. The van der Waals surface area contributed by atoms with Crippen molar-refractivity contribution in [2.45, 2.75) is 71.1 Å². The van der Waals surface area contributed by atoms with Gasteiger partial charge in [0.05, 0.1) is 32.0 Å². The highest BCUT2D eigenvalue weighted by Crippen LogP contribution is 2.23. The van der Waals surface area contributed by atoms with Gasteiger partial charge in [-0.15, -0.1) is 0 Å². The Morgan fingerprint density at radius 1 is 0.583 bits per heavy atom. The minimum atomic E-state index is -0.414. The van der Waals surface area contributed by atoms with Crippen LogP contribution < -0.4 is 14.2 Å². The fourth-order valence-electron chi connectivity index (χ4n) is 4.83. The van der Waals surface area contributed by atoms with Crippen LogP contribution in [0.4, 0.5) is 0 Å². The summed E-state index contributed by atoms with van der Waals surface area (Å²) < 4.78 is 27.3. The molecule has 8 heteroatoms. The van der Waals surface area contributed by atoms with Crippen LogP contribution in [0.5, 0.6) is 17.2 Å². The fourth-order valence-corrected chi connectivity index (χ4v) is 4.83. The van der Waals surface area contributed by atoms with Crippen LogP contribution in [-0.2, 0) is 31.9 Å². The van der Waals surface area contributed by atoms with Gasteiger partial charge in [-0.05, 0) is 130 Å². The number of benzene rings is 3. The van der Waals surface area contributed by atoms with Crippen LogP contribution >= 0.6 is 0 Å². The van der Waals surface area contributed by atoms with Gasteiger partial charge in [0.1, 0.15) is 17.2 Å². The zero-order valence-electron chi connectivity index (χ0n) is 28.1. The van der Waals surface area contributed by atoms with Crippen molar-refractivity contribution in [2.24, 2.45) is 0 Å². The summed E-state index contributed by atoms with van der Waals surface area (Å²) in [6, 6.07) is 21.1. The third-order valence-electron chi connectivity index (χ3n) is 7.59. The SMILES string of the molecule is C=CC(=O)OCCCCCCOc1ccc(CCc2ccc(OC(=O)c3ccc(OCCCCCCOC(=O)C=C)cc3)c(C)c2)cc1. The number of hydrogen-bond acceptors (Lipinski definition) is 8. The van der Waals surface area contributed by atoms with Crippen molar-refractivity contribution in [1.29, 1.82) is 0 Å². The van der Waals surface area contributed by atoms with E-state index in [2.05, 4.69) is 31.4 Å². The van der Waals surface area contributed by atoms with Gasteiger partial charge in [-0.1, -0.05) is 37.4 Å². The Morgan fingerprint density at radius 3 is 1.54 bits per heavy atom. The lowest BCUT2D eigenvalue weighted by atomic mass is 10.0. The molecule has 0 saturated carbocycles. The average Bonchev–Trinajstić information content (AvgIpc) is 3.11. The number of hydrogen-bond donors (Lipinski definition) is 0. The van der Waals surface area contributed by atoms with E-state index in [1.54, 1.807) is 24.3 Å². The Labute approximate surface area is 284 Å². The van der Waals surface area contributed by atoms with Gasteiger partial charge in [0.25, 0.3) is 0 Å². The highest BCUT2D eigenvalue weighted by molar-refractivity contribution is 5.91. The van der Waals surface area contributed by atoms with Gasteiger partial charge in [-0.25, -0.2) is 14.4 Å². The van der Waals surface area contributed by atoms with Crippen molar-refractivity contribution in [3.8, 4) is 17.2 Å². The molecule has 0 aliphatic heterocycles. The molecule has 0 radical (unpaired) electrons. The summed E-state index contributed by atoms with van der Waals surface area (Å²) >= 11 is 0. The topological polar surface area (TPSA) is 97.4 Å². The summed E-state index contributed by atoms with van der Waals surface area (Å²) in [5.41, 5.74) is 3.75. The van der Waals surface area contributed by atoms with E-state index in [0.717, 1.165) is 75.5 Å². The molecule has 256 valence electrons. The molecule has 0 spiro atoms. The van der Waals surface area contributed by atoms with Crippen molar-refractivity contribution >= 4 is 17.9 Å². The minimum Gasteiger partial charge on any atom is -0.494 e. The van der Waals surface area contributed by atoms with Crippen LogP contribution in [0.15, 0.2) is 92.0 Å². The summed E-state index contributed by atoms with van der Waals surface area (Å²) in [5.74, 6) is 0.922. The van der Waals surface area contributed by atoms with E-state index in [9.17, 15) is 14.4 Å². The predicted octanol–water partition coefficient (Wildman–Crippen LogP) is 8.34. The van der Waals surface area contributed by atoms with E-state index in [1.165, 1.54) is 23.3 Å². The number of rotatable bonds is 23. The van der Waals surface area contributed by atoms with Gasteiger partial charge in [0.2, 0.25) is 0 Å². The van der Waals surface area contributed by atoms with E-state index in [1.807, 2.05) is 31.2 Å². The summed E-state index contributed by atoms with van der Waals surface area (Å²) in [6.45, 7) is 10.8. The molecule has 0 saturated heterocycles. The van der Waals surface area contributed by atoms with Gasteiger partial charge in [-0.3, -0.25) is 0 Å². The standard InChI is InChI=1S/C40H48O8/c1-4-38(41)46-28-12-8-6-10-26-44-35-21-16-32(17-22-35)14-15-33-18-25-37(31(3)30-33)48-40(43)34-19-23-36(24-20-34)45-27-11-7-9-13-29-47-39(42)5-2/h4-5,16-25,30H,1-2,6-15,26-29H2,3H3. The number of carbonyl (C=O) groups is 3. The first-order valence-corrected chi connectivity index (χ1v) is 16.7. The molecule has 0 N–H and O–H groups in total. The first kappa shape index (κ1) is 37.6. The quantitative estimate of drug-likeness (QED) is 0.0435. The van der Waals surface area contributed by atoms with Crippen LogP contribution in [0.2, 0.25) is 0 Å². The van der Waals surface area contributed by atoms with E-state index in [-0.39, 0.29) is 11.9 Å². The van der Waals surface area contributed by atoms with Crippen LogP contribution in [0.3, 0.4) is 0 Å². The molecule has 48 heavy (non-hydrogen) atoms. The van der Waals surface area contributed by atoms with Crippen molar-refractivity contribution in [2.75, 3.05) is 26.4 Å². The molecule has 3 rings (SSSR count). The smallest absolute Gasteiger partial charge is 0.343 e. The van der Waals surface area contributed by atoms with Crippen LogP contribution in [-0.4, -0.2) is 44.3 Å². The second kappa shape index (κ2) is 21.9. The maximum atomic E-state index is 12.8. The molecule has 0 fully saturated rings. The zero-order valence-corrected chi connectivity index (χ0v) is 28.1. The van der Waals surface area contributed by atoms with Gasteiger partial charge in [-0.2, -0.15) is 0 Å². The summed E-state index contributed by atoms with van der Waals surface area (Å²) in [7, 11) is 0. The lowest BCUT2D eigenvalue weighted by Crippen LogP contribution is -2.09. The molecular weight excluding hydrogens is 608 g/mol. The molecule has 0 unspecified atom stereocenters. The van der Waals surface area contributed by atoms with Crippen molar-refractivity contribution in [3.63, 3.8) is 0 Å². The highest BCUT2D eigenvalue weighted by atomic mass is 16.5. The molecule has 0 heterocycles. The van der Waals surface area contributed by atoms with E-state index >= 15 is 0 Å². The first-order chi connectivity index (χ1) is 23.4. The summed E-state index contributed by atoms with van der Waals surface area (Å²) in [4.78, 5) is 34.8. The Morgan fingerprint density at radius 2 is 1.04 bits per heavy atom. The third-order valence-corrected chi connectivity index (χ3v) is 7.59. The molecule has 3 aromatic carbocycles. The second-order valence-electron chi connectivity index (χ2n) is 11.4.